The zero-order valence-corrected chi connectivity index (χ0v) is 12.3. The Hall–Kier alpha value is -1.46. The number of rotatable bonds is 5. The number of hydrogen-bond donors (Lipinski definition) is 2. The summed E-state index contributed by atoms with van der Waals surface area (Å²) in [4.78, 5) is 12.4. The Kier molecular flexibility index (Phi) is 4.73. The number of amides is 1. The molecular formula is C15H18FNO2S. The summed E-state index contributed by atoms with van der Waals surface area (Å²) >= 11 is 1.25. The van der Waals surface area contributed by atoms with Crippen LogP contribution in [0, 0.1) is 11.7 Å². The number of fused-ring (bicyclic) bond motifs is 1. The summed E-state index contributed by atoms with van der Waals surface area (Å²) in [5.41, 5.74) is 0. The average Bonchev–Trinajstić information content (AvgIpc) is 2.80. The van der Waals surface area contributed by atoms with Crippen LogP contribution in [0.4, 0.5) is 4.39 Å². The molecule has 0 fully saturated rings. The fourth-order valence-electron chi connectivity index (χ4n) is 2.06. The van der Waals surface area contributed by atoms with E-state index in [-0.39, 0.29) is 18.3 Å². The number of carbonyl (C=O) groups is 1. The summed E-state index contributed by atoms with van der Waals surface area (Å²) in [6, 6.07) is 6.35. The smallest absolute Gasteiger partial charge is 0.261 e. The van der Waals surface area contributed by atoms with Gasteiger partial charge in [0.25, 0.3) is 5.91 Å². The second kappa shape index (κ2) is 6.33. The summed E-state index contributed by atoms with van der Waals surface area (Å²) in [6.45, 7) is 4.24. The molecule has 1 aromatic carbocycles. The van der Waals surface area contributed by atoms with Gasteiger partial charge in [-0.1, -0.05) is 19.9 Å². The van der Waals surface area contributed by atoms with E-state index in [1.807, 2.05) is 13.8 Å². The summed E-state index contributed by atoms with van der Waals surface area (Å²) in [5.74, 6) is -0.216. The third-order valence-corrected chi connectivity index (χ3v) is 4.07. The van der Waals surface area contributed by atoms with Crippen molar-refractivity contribution in [2.45, 2.75) is 26.4 Å². The maximum absolute atomic E-state index is 13.6. The zero-order chi connectivity index (χ0) is 14.7. The van der Waals surface area contributed by atoms with Crippen molar-refractivity contribution in [2.24, 2.45) is 5.92 Å². The lowest BCUT2D eigenvalue weighted by atomic mass is 10.1. The third kappa shape index (κ3) is 3.55. The summed E-state index contributed by atoms with van der Waals surface area (Å²) in [7, 11) is 0. The van der Waals surface area contributed by atoms with Gasteiger partial charge >= 0.3 is 0 Å². The van der Waals surface area contributed by atoms with Crippen LogP contribution in [-0.2, 0) is 0 Å². The van der Waals surface area contributed by atoms with Gasteiger partial charge in [-0.15, -0.1) is 11.3 Å². The van der Waals surface area contributed by atoms with E-state index in [0.29, 0.717) is 22.6 Å². The van der Waals surface area contributed by atoms with Crippen LogP contribution in [0.25, 0.3) is 10.1 Å². The number of aliphatic hydroxyl groups excluding tert-OH is 1. The predicted molar refractivity (Wildman–Crippen MR) is 79.6 cm³/mol. The largest absolute Gasteiger partial charge is 0.391 e. The summed E-state index contributed by atoms with van der Waals surface area (Å²) in [5, 5.41) is 12.9. The molecule has 2 N–H and O–H groups in total. The minimum Gasteiger partial charge on any atom is -0.391 e. The molecule has 20 heavy (non-hydrogen) atoms. The molecule has 1 unspecified atom stereocenters. The fourth-order valence-corrected chi connectivity index (χ4v) is 3.05. The van der Waals surface area contributed by atoms with E-state index < -0.39 is 6.10 Å². The topological polar surface area (TPSA) is 49.3 Å². The van der Waals surface area contributed by atoms with E-state index in [1.54, 1.807) is 18.2 Å². The van der Waals surface area contributed by atoms with Crippen molar-refractivity contribution in [1.82, 2.24) is 5.32 Å². The number of carbonyl (C=O) groups excluding carboxylic acids is 1. The van der Waals surface area contributed by atoms with Crippen LogP contribution in [0.15, 0.2) is 24.3 Å². The Morgan fingerprint density at radius 2 is 2.20 bits per heavy atom. The zero-order valence-electron chi connectivity index (χ0n) is 11.5. The van der Waals surface area contributed by atoms with Gasteiger partial charge < -0.3 is 10.4 Å². The lowest BCUT2D eigenvalue weighted by molar-refractivity contribution is 0.0904. The number of thiophene rings is 1. The summed E-state index contributed by atoms with van der Waals surface area (Å²) < 4.78 is 14.3. The predicted octanol–water partition coefficient (Wildman–Crippen LogP) is 3.18. The molecular weight excluding hydrogens is 277 g/mol. The van der Waals surface area contributed by atoms with Crippen molar-refractivity contribution in [2.75, 3.05) is 6.54 Å². The molecule has 0 bridgehead atoms. The molecule has 3 nitrogen and oxygen atoms in total. The minimum absolute atomic E-state index is 0.216. The van der Waals surface area contributed by atoms with Crippen LogP contribution in [-0.4, -0.2) is 23.7 Å². The molecule has 0 aliphatic rings. The molecule has 1 heterocycles. The molecule has 5 heteroatoms. The van der Waals surface area contributed by atoms with E-state index in [4.69, 9.17) is 0 Å². The number of hydrogen-bond acceptors (Lipinski definition) is 3. The molecule has 108 valence electrons. The first kappa shape index (κ1) is 14.9. The number of halogens is 1. The molecule has 1 aromatic heterocycles. The Labute approximate surface area is 121 Å². The van der Waals surface area contributed by atoms with Crippen molar-refractivity contribution in [3.63, 3.8) is 0 Å². The van der Waals surface area contributed by atoms with Crippen LogP contribution in [0.5, 0.6) is 0 Å². The molecule has 1 amide bonds. The van der Waals surface area contributed by atoms with Crippen LogP contribution in [0.1, 0.15) is 29.9 Å². The lowest BCUT2D eigenvalue weighted by Crippen LogP contribution is -2.32. The van der Waals surface area contributed by atoms with Crippen LogP contribution in [0.2, 0.25) is 0 Å². The first-order valence-electron chi connectivity index (χ1n) is 6.61. The highest BCUT2D eigenvalue weighted by Gasteiger charge is 2.14. The van der Waals surface area contributed by atoms with E-state index >= 15 is 0 Å². The van der Waals surface area contributed by atoms with Gasteiger partial charge in [0.1, 0.15) is 5.82 Å². The monoisotopic (exact) mass is 295 g/mol. The fraction of sp³-hybridized carbons (Fsp3) is 0.400. The molecule has 0 aliphatic carbocycles. The standard InChI is InChI=1S/C15H18FNO2S/c1-9(2)6-10(18)8-17-15(19)14-7-11-12(16)4-3-5-13(11)20-14/h3-5,7,9-10,18H,6,8H2,1-2H3,(H,17,19). The molecule has 0 radical (unpaired) electrons. The van der Waals surface area contributed by atoms with E-state index in [0.717, 1.165) is 4.70 Å². The SMILES string of the molecule is CC(C)CC(O)CNC(=O)c1cc2c(F)cccc2s1. The number of aliphatic hydroxyl groups is 1. The van der Waals surface area contributed by atoms with Gasteiger partial charge in [-0.3, -0.25) is 4.79 Å². The van der Waals surface area contributed by atoms with Crippen LogP contribution >= 0.6 is 11.3 Å². The van der Waals surface area contributed by atoms with Crippen LogP contribution in [0.3, 0.4) is 0 Å². The van der Waals surface area contributed by atoms with Gasteiger partial charge in [0.2, 0.25) is 0 Å². The highest BCUT2D eigenvalue weighted by atomic mass is 32.1. The van der Waals surface area contributed by atoms with Crippen molar-refractivity contribution in [3.05, 3.63) is 35.0 Å². The third-order valence-electron chi connectivity index (χ3n) is 2.97. The quantitative estimate of drug-likeness (QED) is 0.890. The van der Waals surface area contributed by atoms with Gasteiger partial charge in [0.15, 0.2) is 0 Å². The molecule has 2 rings (SSSR count). The Bertz CT molecular complexity index is 609. The molecule has 1 atom stereocenters. The molecule has 0 saturated carbocycles. The van der Waals surface area contributed by atoms with E-state index in [1.165, 1.54) is 17.4 Å². The van der Waals surface area contributed by atoms with Crippen molar-refractivity contribution in [1.29, 1.82) is 0 Å². The highest BCUT2D eigenvalue weighted by molar-refractivity contribution is 7.20. The van der Waals surface area contributed by atoms with Gasteiger partial charge in [0.05, 0.1) is 11.0 Å². The van der Waals surface area contributed by atoms with E-state index in [9.17, 15) is 14.3 Å². The van der Waals surface area contributed by atoms with Crippen molar-refractivity contribution < 1.29 is 14.3 Å². The van der Waals surface area contributed by atoms with Crippen molar-refractivity contribution in [3.8, 4) is 0 Å². The van der Waals surface area contributed by atoms with Crippen molar-refractivity contribution >= 4 is 27.3 Å². The minimum atomic E-state index is -0.551. The number of nitrogens with one attached hydrogen (secondary N) is 1. The van der Waals surface area contributed by atoms with Crippen LogP contribution < -0.4 is 5.32 Å². The number of benzene rings is 1. The van der Waals surface area contributed by atoms with Gasteiger partial charge in [0, 0.05) is 16.6 Å². The second-order valence-corrected chi connectivity index (χ2v) is 6.34. The van der Waals surface area contributed by atoms with E-state index in [2.05, 4.69) is 5.32 Å². The lowest BCUT2D eigenvalue weighted by Gasteiger charge is -2.13. The molecule has 0 aliphatic heterocycles. The maximum Gasteiger partial charge on any atom is 0.261 e. The van der Waals surface area contributed by atoms with Gasteiger partial charge in [-0.2, -0.15) is 0 Å². The molecule has 0 saturated heterocycles. The maximum atomic E-state index is 13.6. The summed E-state index contributed by atoms with van der Waals surface area (Å²) in [6.07, 6.45) is 0.0893. The second-order valence-electron chi connectivity index (χ2n) is 5.26. The Balaban J connectivity index is 2.03. The molecule has 0 spiro atoms. The molecule has 2 aromatic rings. The normalized spacial score (nSPS) is 12.8. The first-order valence-corrected chi connectivity index (χ1v) is 7.43. The van der Waals surface area contributed by atoms with Gasteiger partial charge in [-0.25, -0.2) is 4.39 Å². The first-order chi connectivity index (χ1) is 9.47. The Morgan fingerprint density at radius 1 is 1.45 bits per heavy atom. The highest BCUT2D eigenvalue weighted by Crippen LogP contribution is 2.27. The Morgan fingerprint density at radius 3 is 2.85 bits per heavy atom. The van der Waals surface area contributed by atoms with Gasteiger partial charge in [-0.05, 0) is 30.5 Å². The average molecular weight is 295 g/mol.